The van der Waals surface area contributed by atoms with Crippen LogP contribution in [0.2, 0.25) is 0 Å². The van der Waals surface area contributed by atoms with Gasteiger partial charge >= 0.3 is 5.97 Å². The highest BCUT2D eigenvalue weighted by Gasteiger charge is 2.00. The number of aliphatic carboxylic acids is 1. The number of hydrogen-bond donors (Lipinski definition) is 4. The van der Waals surface area contributed by atoms with Gasteiger partial charge in [0.05, 0.1) is 18.8 Å². The standard InChI is InChI=1S/C18H34O3.C3H8O2/c1-2-3-4-11-14-17(19)15-12-9-7-5-6-8-10-13-16-18(20)21;1-3(5)2-4/h9,12,17,19H,2-8,10-11,13-16H2,1H3,(H,20,21);3-5H,2H2,1H3. The molecule has 0 bridgehead atoms. The Morgan fingerprint density at radius 1 is 0.923 bits per heavy atom. The second-order valence-electron chi connectivity index (χ2n) is 6.94. The van der Waals surface area contributed by atoms with Gasteiger partial charge in [-0.25, -0.2) is 0 Å². The zero-order valence-corrected chi connectivity index (χ0v) is 16.9. The first-order valence-corrected chi connectivity index (χ1v) is 10.3. The molecule has 156 valence electrons. The maximum atomic E-state index is 10.3. The lowest BCUT2D eigenvalue weighted by Gasteiger charge is -2.07. The van der Waals surface area contributed by atoms with Crippen LogP contribution in [0.25, 0.3) is 0 Å². The first-order chi connectivity index (χ1) is 12.4. The van der Waals surface area contributed by atoms with E-state index in [0.29, 0.717) is 6.42 Å². The van der Waals surface area contributed by atoms with Gasteiger partial charge in [-0.15, -0.1) is 0 Å². The molecule has 0 aromatic rings. The van der Waals surface area contributed by atoms with Gasteiger partial charge in [-0.05, 0) is 39.0 Å². The first kappa shape index (κ1) is 27.3. The molecule has 5 nitrogen and oxygen atoms in total. The Labute approximate surface area is 160 Å². The van der Waals surface area contributed by atoms with Crippen molar-refractivity contribution in [3.63, 3.8) is 0 Å². The van der Waals surface area contributed by atoms with Gasteiger partial charge in [0.2, 0.25) is 0 Å². The van der Waals surface area contributed by atoms with Crippen LogP contribution in [0.3, 0.4) is 0 Å². The summed E-state index contributed by atoms with van der Waals surface area (Å²) in [6, 6.07) is 0. The van der Waals surface area contributed by atoms with Crippen LogP contribution < -0.4 is 0 Å². The van der Waals surface area contributed by atoms with Gasteiger partial charge < -0.3 is 20.4 Å². The summed E-state index contributed by atoms with van der Waals surface area (Å²) in [5, 5.41) is 34.3. The number of allylic oxidation sites excluding steroid dienone is 1. The highest BCUT2D eigenvalue weighted by atomic mass is 16.4. The molecule has 0 spiro atoms. The molecule has 0 aliphatic carbocycles. The number of aliphatic hydroxyl groups is 3. The van der Waals surface area contributed by atoms with Crippen molar-refractivity contribution in [2.24, 2.45) is 0 Å². The summed E-state index contributed by atoms with van der Waals surface area (Å²) in [7, 11) is 0. The third kappa shape index (κ3) is 27.9. The van der Waals surface area contributed by atoms with Crippen molar-refractivity contribution in [2.45, 2.75) is 110 Å². The van der Waals surface area contributed by atoms with E-state index in [0.717, 1.165) is 51.4 Å². The van der Waals surface area contributed by atoms with Crippen LogP contribution in [0, 0.1) is 0 Å². The minimum absolute atomic E-state index is 0.139. The molecule has 0 amide bonds. The molecule has 0 aromatic heterocycles. The van der Waals surface area contributed by atoms with Gasteiger partial charge in [0, 0.05) is 6.42 Å². The number of hydrogen-bond acceptors (Lipinski definition) is 4. The largest absolute Gasteiger partial charge is 0.481 e. The van der Waals surface area contributed by atoms with Crippen LogP contribution in [-0.4, -0.2) is 45.2 Å². The molecule has 2 unspecified atom stereocenters. The molecule has 0 rings (SSSR count). The predicted molar refractivity (Wildman–Crippen MR) is 107 cm³/mol. The quantitative estimate of drug-likeness (QED) is 0.236. The van der Waals surface area contributed by atoms with Crippen LogP contribution in [-0.2, 0) is 4.79 Å². The van der Waals surface area contributed by atoms with Crippen molar-refractivity contribution < 1.29 is 25.2 Å². The van der Waals surface area contributed by atoms with E-state index in [1.807, 2.05) is 0 Å². The summed E-state index contributed by atoms with van der Waals surface area (Å²) in [6.45, 7) is 3.59. The summed E-state index contributed by atoms with van der Waals surface area (Å²) in [5.74, 6) is -0.689. The average Bonchev–Trinajstić information content (AvgIpc) is 2.60. The lowest BCUT2D eigenvalue weighted by atomic mass is 10.1. The molecule has 0 fully saturated rings. The topological polar surface area (TPSA) is 98.0 Å². The lowest BCUT2D eigenvalue weighted by molar-refractivity contribution is -0.137. The Balaban J connectivity index is 0. The van der Waals surface area contributed by atoms with Crippen LogP contribution in [0.1, 0.15) is 97.3 Å². The maximum Gasteiger partial charge on any atom is 0.303 e. The molecule has 4 N–H and O–H groups in total. The molecule has 0 saturated heterocycles. The second kappa shape index (κ2) is 22.1. The fourth-order valence-electron chi connectivity index (χ4n) is 2.36. The lowest BCUT2D eigenvalue weighted by Crippen LogP contribution is -2.04. The minimum atomic E-state index is -0.689. The molecular formula is C21H42O5. The fraction of sp³-hybridized carbons (Fsp3) is 0.857. The fourth-order valence-corrected chi connectivity index (χ4v) is 2.36. The van der Waals surface area contributed by atoms with Gasteiger partial charge in [-0.3, -0.25) is 4.79 Å². The highest BCUT2D eigenvalue weighted by molar-refractivity contribution is 5.66. The smallest absolute Gasteiger partial charge is 0.303 e. The molecule has 26 heavy (non-hydrogen) atoms. The minimum Gasteiger partial charge on any atom is -0.481 e. The van der Waals surface area contributed by atoms with Crippen molar-refractivity contribution in [1.82, 2.24) is 0 Å². The second-order valence-corrected chi connectivity index (χ2v) is 6.94. The normalized spacial score (nSPS) is 13.3. The Bertz CT molecular complexity index is 316. The summed E-state index contributed by atoms with van der Waals surface area (Å²) < 4.78 is 0. The maximum absolute atomic E-state index is 10.3. The average molecular weight is 375 g/mol. The number of carboxylic acids is 1. The SMILES string of the molecule is CC(O)CO.CCCCCCC(O)CC=CCCCCCCCC(=O)O. The summed E-state index contributed by atoms with van der Waals surface area (Å²) in [6.07, 6.45) is 16.8. The number of aliphatic hydroxyl groups excluding tert-OH is 3. The molecule has 0 aromatic carbocycles. The van der Waals surface area contributed by atoms with Crippen LogP contribution in [0.15, 0.2) is 12.2 Å². The summed E-state index contributed by atoms with van der Waals surface area (Å²) in [5.41, 5.74) is 0. The van der Waals surface area contributed by atoms with Crippen LogP contribution >= 0.6 is 0 Å². The Morgan fingerprint density at radius 2 is 1.50 bits per heavy atom. The number of rotatable bonds is 16. The zero-order chi connectivity index (χ0) is 20.0. The Morgan fingerprint density at radius 3 is 2.08 bits per heavy atom. The molecule has 0 saturated carbocycles. The number of carbonyl (C=O) groups is 1. The third-order valence-corrected chi connectivity index (χ3v) is 3.99. The molecule has 0 radical (unpaired) electrons. The van der Waals surface area contributed by atoms with E-state index in [-0.39, 0.29) is 12.7 Å². The van der Waals surface area contributed by atoms with Gasteiger partial charge in [0.25, 0.3) is 0 Å². The van der Waals surface area contributed by atoms with Crippen LogP contribution in [0.4, 0.5) is 0 Å². The van der Waals surface area contributed by atoms with Crippen molar-refractivity contribution in [1.29, 1.82) is 0 Å². The Hall–Kier alpha value is -0.910. The molecule has 5 heteroatoms. The molecule has 2 atom stereocenters. The molecule has 0 aliphatic heterocycles. The van der Waals surface area contributed by atoms with Crippen LogP contribution in [0.5, 0.6) is 0 Å². The monoisotopic (exact) mass is 374 g/mol. The van der Waals surface area contributed by atoms with Gasteiger partial charge in [-0.1, -0.05) is 64.0 Å². The summed E-state index contributed by atoms with van der Waals surface area (Å²) in [4.78, 5) is 10.3. The number of unbranched alkanes of at least 4 members (excludes halogenated alkanes) is 8. The van der Waals surface area contributed by atoms with E-state index in [1.165, 1.54) is 32.6 Å². The number of carboxylic acid groups (broad SMARTS) is 1. The van der Waals surface area contributed by atoms with E-state index < -0.39 is 12.1 Å². The van der Waals surface area contributed by atoms with E-state index >= 15 is 0 Å². The van der Waals surface area contributed by atoms with E-state index in [9.17, 15) is 9.90 Å². The predicted octanol–water partition coefficient (Wildman–Crippen LogP) is 4.44. The van der Waals surface area contributed by atoms with E-state index in [1.54, 1.807) is 0 Å². The third-order valence-electron chi connectivity index (χ3n) is 3.99. The van der Waals surface area contributed by atoms with Gasteiger partial charge in [-0.2, -0.15) is 0 Å². The van der Waals surface area contributed by atoms with Crippen molar-refractivity contribution in [2.75, 3.05) is 6.61 Å². The Kier molecular flexibility index (Phi) is 23.2. The summed E-state index contributed by atoms with van der Waals surface area (Å²) >= 11 is 0. The van der Waals surface area contributed by atoms with Crippen molar-refractivity contribution in [3.05, 3.63) is 12.2 Å². The first-order valence-electron chi connectivity index (χ1n) is 10.3. The van der Waals surface area contributed by atoms with E-state index in [4.69, 9.17) is 15.3 Å². The molecule has 0 aliphatic rings. The highest BCUT2D eigenvalue weighted by Crippen LogP contribution is 2.10. The van der Waals surface area contributed by atoms with Gasteiger partial charge in [0.1, 0.15) is 0 Å². The van der Waals surface area contributed by atoms with E-state index in [2.05, 4.69) is 19.1 Å². The zero-order valence-electron chi connectivity index (χ0n) is 16.9. The van der Waals surface area contributed by atoms with Crippen molar-refractivity contribution in [3.8, 4) is 0 Å². The van der Waals surface area contributed by atoms with Gasteiger partial charge in [0.15, 0.2) is 0 Å². The van der Waals surface area contributed by atoms with Crippen molar-refractivity contribution >= 4 is 5.97 Å². The molecular weight excluding hydrogens is 332 g/mol. The molecule has 0 heterocycles.